The van der Waals surface area contributed by atoms with Gasteiger partial charge in [-0.2, -0.15) is 5.10 Å². The number of nitrogens with one attached hydrogen (secondary N) is 1. The van der Waals surface area contributed by atoms with Gasteiger partial charge >= 0.3 is 0 Å². The molecule has 28 heavy (non-hydrogen) atoms. The second-order valence-electron chi connectivity index (χ2n) is 6.59. The van der Waals surface area contributed by atoms with Gasteiger partial charge in [-0.15, -0.1) is 0 Å². The molecule has 0 bridgehead atoms. The van der Waals surface area contributed by atoms with E-state index in [2.05, 4.69) is 24.4 Å². The highest BCUT2D eigenvalue weighted by Crippen LogP contribution is 2.21. The molecule has 0 fully saturated rings. The zero-order valence-corrected chi connectivity index (χ0v) is 17.2. The van der Waals surface area contributed by atoms with E-state index in [4.69, 9.17) is 4.74 Å². The molecule has 7 nitrogen and oxygen atoms in total. The lowest BCUT2D eigenvalue weighted by Crippen LogP contribution is -2.39. The fourth-order valence-corrected chi connectivity index (χ4v) is 3.35. The Bertz CT molecular complexity index is 938. The summed E-state index contributed by atoms with van der Waals surface area (Å²) in [5.74, 6) is 0.455. The Kier molecular flexibility index (Phi) is 7.17. The lowest BCUT2D eigenvalue weighted by molar-refractivity contribution is -0.119. The van der Waals surface area contributed by atoms with Gasteiger partial charge in [0, 0.05) is 0 Å². The maximum atomic E-state index is 12.2. The van der Waals surface area contributed by atoms with Crippen LogP contribution in [0.2, 0.25) is 0 Å². The Balaban J connectivity index is 2.07. The average molecular weight is 404 g/mol. The predicted octanol–water partition coefficient (Wildman–Crippen LogP) is 2.73. The van der Waals surface area contributed by atoms with Gasteiger partial charge in [-0.25, -0.2) is 13.8 Å². The van der Waals surface area contributed by atoms with E-state index in [0.717, 1.165) is 21.7 Å². The molecule has 0 saturated carbocycles. The van der Waals surface area contributed by atoms with E-state index in [1.165, 1.54) is 6.21 Å². The average Bonchev–Trinajstić information content (AvgIpc) is 2.65. The first-order valence-electron chi connectivity index (χ1n) is 8.74. The van der Waals surface area contributed by atoms with Crippen molar-refractivity contribution in [2.24, 2.45) is 5.10 Å². The van der Waals surface area contributed by atoms with Crippen LogP contribution in [-0.4, -0.2) is 40.4 Å². The molecular formula is C20H25N3O4S. The summed E-state index contributed by atoms with van der Waals surface area (Å²) in [6, 6.07) is 14.3. The van der Waals surface area contributed by atoms with E-state index in [9.17, 15) is 13.2 Å². The third kappa shape index (κ3) is 6.09. The molecule has 0 atom stereocenters. The van der Waals surface area contributed by atoms with E-state index in [1.54, 1.807) is 43.5 Å². The van der Waals surface area contributed by atoms with Crippen molar-refractivity contribution < 1.29 is 17.9 Å². The van der Waals surface area contributed by atoms with E-state index < -0.39 is 15.9 Å². The summed E-state index contributed by atoms with van der Waals surface area (Å²) in [5.41, 5.74) is 4.61. The lowest BCUT2D eigenvalue weighted by Gasteiger charge is -2.21. The van der Waals surface area contributed by atoms with Crippen LogP contribution in [0.4, 0.5) is 5.69 Å². The van der Waals surface area contributed by atoms with Gasteiger partial charge in [0.1, 0.15) is 12.3 Å². The highest BCUT2D eigenvalue weighted by Gasteiger charge is 2.20. The van der Waals surface area contributed by atoms with Crippen molar-refractivity contribution in [3.05, 3.63) is 59.7 Å². The first-order valence-corrected chi connectivity index (χ1v) is 10.6. The molecule has 1 N–H and O–H groups in total. The topological polar surface area (TPSA) is 88.1 Å². The fourth-order valence-electron chi connectivity index (χ4n) is 2.49. The minimum atomic E-state index is -3.63. The number of sulfonamides is 1. The molecule has 0 aliphatic heterocycles. The van der Waals surface area contributed by atoms with Crippen molar-refractivity contribution in [1.29, 1.82) is 0 Å². The minimum Gasteiger partial charge on any atom is -0.497 e. The number of ether oxygens (including phenoxy) is 1. The van der Waals surface area contributed by atoms with Gasteiger partial charge in [0.05, 0.1) is 25.3 Å². The van der Waals surface area contributed by atoms with Crippen molar-refractivity contribution in [3.63, 3.8) is 0 Å². The van der Waals surface area contributed by atoms with Crippen LogP contribution in [0.1, 0.15) is 30.9 Å². The number of methoxy groups -OCH3 is 1. The molecule has 2 rings (SSSR count). The molecule has 0 heterocycles. The first-order chi connectivity index (χ1) is 13.2. The fraction of sp³-hybridized carbons (Fsp3) is 0.300. The quantitative estimate of drug-likeness (QED) is 0.542. The smallest absolute Gasteiger partial charge is 0.260 e. The van der Waals surface area contributed by atoms with Crippen LogP contribution in [0, 0.1) is 0 Å². The summed E-state index contributed by atoms with van der Waals surface area (Å²) in [6.45, 7) is 3.74. The molecule has 150 valence electrons. The predicted molar refractivity (Wildman–Crippen MR) is 111 cm³/mol. The molecule has 0 aliphatic rings. The summed E-state index contributed by atoms with van der Waals surface area (Å²) < 4.78 is 30.5. The van der Waals surface area contributed by atoms with Gasteiger partial charge in [0.15, 0.2) is 0 Å². The van der Waals surface area contributed by atoms with Crippen LogP contribution in [0.25, 0.3) is 0 Å². The van der Waals surface area contributed by atoms with Crippen LogP contribution in [0.15, 0.2) is 53.6 Å². The van der Waals surface area contributed by atoms with Crippen molar-refractivity contribution in [2.75, 3.05) is 24.2 Å². The first kappa shape index (κ1) is 21.4. The third-order valence-electron chi connectivity index (χ3n) is 4.03. The molecule has 0 aliphatic carbocycles. The molecule has 0 unspecified atom stereocenters. The van der Waals surface area contributed by atoms with Gasteiger partial charge in [0.25, 0.3) is 5.91 Å². The number of carbonyl (C=O) groups excluding carboxylic acids is 1. The van der Waals surface area contributed by atoms with Crippen LogP contribution in [0.3, 0.4) is 0 Å². The summed E-state index contributed by atoms with van der Waals surface area (Å²) in [7, 11) is -2.07. The zero-order valence-electron chi connectivity index (χ0n) is 16.4. The summed E-state index contributed by atoms with van der Waals surface area (Å²) in [6.07, 6.45) is 2.53. The molecular weight excluding hydrogens is 378 g/mol. The Hall–Kier alpha value is -2.87. The van der Waals surface area contributed by atoms with Gasteiger partial charge < -0.3 is 4.74 Å². The Morgan fingerprint density at radius 1 is 1.21 bits per heavy atom. The number of anilines is 1. The highest BCUT2D eigenvalue weighted by molar-refractivity contribution is 7.92. The standard InChI is InChI=1S/C20H25N3O4S/c1-15(2)17-8-10-18(11-9-17)23(28(4,25)26)14-20(24)22-21-13-16-6-5-7-19(12-16)27-3/h5-13,15H,14H2,1-4H3,(H,22,24)/b21-13-. The summed E-state index contributed by atoms with van der Waals surface area (Å²) >= 11 is 0. The van der Waals surface area contributed by atoms with Gasteiger partial charge in [-0.3, -0.25) is 9.10 Å². The second-order valence-corrected chi connectivity index (χ2v) is 8.49. The normalized spacial score (nSPS) is 11.6. The van der Waals surface area contributed by atoms with Crippen LogP contribution < -0.4 is 14.5 Å². The summed E-state index contributed by atoms with van der Waals surface area (Å²) in [5, 5.41) is 3.88. The molecule has 0 saturated heterocycles. The highest BCUT2D eigenvalue weighted by atomic mass is 32.2. The largest absolute Gasteiger partial charge is 0.497 e. The lowest BCUT2D eigenvalue weighted by atomic mass is 10.0. The van der Waals surface area contributed by atoms with Crippen LogP contribution in [0.5, 0.6) is 5.75 Å². The molecule has 2 aromatic carbocycles. The van der Waals surface area contributed by atoms with Crippen molar-refractivity contribution >= 4 is 27.8 Å². The number of hydrazone groups is 1. The molecule has 0 spiro atoms. The monoisotopic (exact) mass is 403 g/mol. The minimum absolute atomic E-state index is 0.329. The maximum Gasteiger partial charge on any atom is 0.260 e. The number of hydrogen-bond donors (Lipinski definition) is 1. The van der Waals surface area contributed by atoms with Crippen LogP contribution >= 0.6 is 0 Å². The third-order valence-corrected chi connectivity index (χ3v) is 5.17. The van der Waals surface area contributed by atoms with Crippen LogP contribution in [-0.2, 0) is 14.8 Å². The number of carbonyl (C=O) groups is 1. The molecule has 0 radical (unpaired) electrons. The Morgan fingerprint density at radius 2 is 1.89 bits per heavy atom. The van der Waals surface area contributed by atoms with Crippen molar-refractivity contribution in [2.45, 2.75) is 19.8 Å². The maximum absolute atomic E-state index is 12.2. The van der Waals surface area contributed by atoms with E-state index >= 15 is 0 Å². The van der Waals surface area contributed by atoms with Crippen molar-refractivity contribution in [1.82, 2.24) is 5.43 Å². The zero-order chi connectivity index (χ0) is 20.7. The second kappa shape index (κ2) is 9.36. The van der Waals surface area contributed by atoms with E-state index in [0.29, 0.717) is 17.4 Å². The molecule has 0 aromatic heterocycles. The van der Waals surface area contributed by atoms with E-state index in [1.807, 2.05) is 12.1 Å². The van der Waals surface area contributed by atoms with Gasteiger partial charge in [0.2, 0.25) is 10.0 Å². The number of benzene rings is 2. The number of amides is 1. The van der Waals surface area contributed by atoms with Crippen molar-refractivity contribution in [3.8, 4) is 5.75 Å². The number of hydrogen-bond acceptors (Lipinski definition) is 5. The van der Waals surface area contributed by atoms with Gasteiger partial charge in [-0.1, -0.05) is 38.1 Å². The number of nitrogens with zero attached hydrogens (tertiary/aromatic N) is 2. The number of rotatable bonds is 8. The Labute approximate surface area is 166 Å². The molecule has 2 aromatic rings. The summed E-state index contributed by atoms with van der Waals surface area (Å²) in [4.78, 5) is 12.2. The van der Waals surface area contributed by atoms with E-state index in [-0.39, 0.29) is 6.54 Å². The van der Waals surface area contributed by atoms with Gasteiger partial charge in [-0.05, 0) is 41.3 Å². The molecule has 1 amide bonds. The molecule has 8 heteroatoms. The SMILES string of the molecule is COc1cccc(/C=N\NC(=O)CN(c2ccc(C(C)C)cc2)S(C)(=O)=O)c1. The Morgan fingerprint density at radius 3 is 2.46 bits per heavy atom.